The number of hydrogen-bond acceptors (Lipinski definition) is 5. The van der Waals surface area contributed by atoms with Crippen molar-refractivity contribution in [1.82, 2.24) is 24.9 Å². The topological polar surface area (TPSA) is 101 Å². The van der Waals surface area contributed by atoms with Gasteiger partial charge in [0.05, 0.1) is 11.2 Å². The number of piperidine rings is 1. The number of pyridine rings is 1. The average molecular weight is 492 g/mol. The molecule has 1 atom stereocenters. The van der Waals surface area contributed by atoms with Gasteiger partial charge in [0.1, 0.15) is 0 Å². The van der Waals surface area contributed by atoms with Crippen LogP contribution in [0.25, 0.3) is 10.9 Å². The maximum atomic E-state index is 13.0. The van der Waals surface area contributed by atoms with Gasteiger partial charge < -0.3 is 10.0 Å². The third kappa shape index (κ3) is 7.49. The molecule has 1 aliphatic rings. The van der Waals surface area contributed by atoms with Crippen LogP contribution >= 0.6 is 0 Å². The highest BCUT2D eigenvalue weighted by Gasteiger charge is 2.38. The molecule has 1 fully saturated rings. The first-order valence-electron chi connectivity index (χ1n) is 11.4. The van der Waals surface area contributed by atoms with Crippen LogP contribution in [0, 0.1) is 11.8 Å². The van der Waals surface area contributed by atoms with Crippen LogP contribution in [0.15, 0.2) is 42.7 Å². The van der Waals surface area contributed by atoms with Gasteiger partial charge in [0.25, 0.3) is 5.91 Å². The summed E-state index contributed by atoms with van der Waals surface area (Å²) < 4.78 is 33.7. The molecular weight excluding hydrogens is 463 g/mol. The van der Waals surface area contributed by atoms with Crippen molar-refractivity contribution in [2.45, 2.75) is 45.8 Å². The molecule has 1 N–H and O–H groups in total. The second-order valence-electron chi connectivity index (χ2n) is 9.00. The van der Waals surface area contributed by atoms with Crippen LogP contribution in [-0.4, -0.2) is 61.1 Å². The van der Waals surface area contributed by atoms with Crippen LogP contribution in [-0.2, 0) is 17.8 Å². The minimum absolute atomic E-state index is 0.106. The van der Waals surface area contributed by atoms with Gasteiger partial charge in [0.15, 0.2) is 0 Å². The van der Waals surface area contributed by atoms with Crippen LogP contribution in [0.3, 0.4) is 0 Å². The molecule has 11 heteroatoms. The van der Waals surface area contributed by atoms with Gasteiger partial charge in [-0.25, -0.2) is 4.79 Å². The van der Waals surface area contributed by atoms with Crippen LogP contribution in [0.2, 0.25) is 0 Å². The van der Waals surface area contributed by atoms with E-state index < -0.39 is 12.1 Å². The lowest BCUT2D eigenvalue weighted by atomic mass is 9.97. The highest BCUT2D eigenvalue weighted by atomic mass is 19.4. The predicted molar refractivity (Wildman–Crippen MR) is 123 cm³/mol. The Hall–Kier alpha value is -3.50. The van der Waals surface area contributed by atoms with Gasteiger partial charge in [-0.05, 0) is 55.4 Å². The van der Waals surface area contributed by atoms with E-state index in [0.29, 0.717) is 11.8 Å². The van der Waals surface area contributed by atoms with Crippen molar-refractivity contribution in [1.29, 1.82) is 0 Å². The minimum Gasteiger partial charge on any atom is -0.475 e. The van der Waals surface area contributed by atoms with Crippen molar-refractivity contribution in [3.8, 4) is 0 Å². The maximum absolute atomic E-state index is 13.0. The smallest absolute Gasteiger partial charge is 0.475 e. The van der Waals surface area contributed by atoms with E-state index in [1.165, 1.54) is 0 Å². The summed E-state index contributed by atoms with van der Waals surface area (Å²) in [5, 5.41) is 16.7. The number of fused-ring (bicyclic) bond motifs is 1. The second kappa shape index (κ2) is 11.3. The largest absolute Gasteiger partial charge is 0.490 e. The third-order valence-electron chi connectivity index (χ3n) is 5.55. The molecule has 0 bridgehead atoms. The number of carbonyl (C=O) groups excluding carboxylic acids is 1. The number of carboxylic acids is 1. The minimum atomic E-state index is -5.08. The highest BCUT2D eigenvalue weighted by Crippen LogP contribution is 2.22. The van der Waals surface area contributed by atoms with Crippen molar-refractivity contribution in [3.05, 3.63) is 54.0 Å². The summed E-state index contributed by atoms with van der Waals surface area (Å²) in [5.41, 5.74) is 2.70. The molecule has 188 valence electrons. The lowest BCUT2D eigenvalue weighted by Gasteiger charge is -2.32. The van der Waals surface area contributed by atoms with Crippen LogP contribution in [0.5, 0.6) is 0 Å². The number of nitrogens with zero attached hydrogens (tertiary/aromatic N) is 5. The van der Waals surface area contributed by atoms with Crippen LogP contribution in [0.4, 0.5) is 13.2 Å². The molecule has 0 saturated carbocycles. The van der Waals surface area contributed by atoms with E-state index in [9.17, 15) is 18.0 Å². The molecule has 35 heavy (non-hydrogen) atoms. The molecule has 4 rings (SSSR count). The Morgan fingerprint density at radius 2 is 1.97 bits per heavy atom. The summed E-state index contributed by atoms with van der Waals surface area (Å²) in [6.45, 7) is 6.77. The molecule has 8 nitrogen and oxygen atoms in total. The number of amides is 1. The zero-order valence-electron chi connectivity index (χ0n) is 19.6. The first-order chi connectivity index (χ1) is 16.5. The molecule has 1 amide bonds. The van der Waals surface area contributed by atoms with Crippen LogP contribution in [0.1, 0.15) is 42.7 Å². The number of carbonyl (C=O) groups is 2. The monoisotopic (exact) mass is 491 g/mol. The quantitative estimate of drug-likeness (QED) is 0.574. The fraction of sp³-hybridized carbons (Fsp3) is 0.458. The molecule has 1 aliphatic heterocycles. The third-order valence-corrected chi connectivity index (χ3v) is 5.55. The Morgan fingerprint density at radius 3 is 2.66 bits per heavy atom. The van der Waals surface area contributed by atoms with E-state index in [1.807, 2.05) is 39.9 Å². The van der Waals surface area contributed by atoms with Gasteiger partial charge in [-0.1, -0.05) is 25.1 Å². The number of aromatic nitrogens is 4. The van der Waals surface area contributed by atoms with Crippen molar-refractivity contribution >= 4 is 22.8 Å². The fourth-order valence-corrected chi connectivity index (χ4v) is 3.99. The van der Waals surface area contributed by atoms with Gasteiger partial charge in [-0.2, -0.15) is 13.2 Å². The lowest BCUT2D eigenvalue weighted by Crippen LogP contribution is -2.41. The first-order valence-corrected chi connectivity index (χ1v) is 11.4. The van der Waals surface area contributed by atoms with E-state index in [2.05, 4.69) is 35.3 Å². The standard InChI is InChI=1S/C22H27N5O.C2HF3O2/c1-16(2)11-20-15-27(25-24-20)14-17-5-4-10-26(13-17)22(28)19-7-8-21-18(12-19)6-3-9-23-21;3-2(4,5)1(6)7/h3,6-9,12,15-17H,4-5,10-11,13-14H2,1-2H3;(H,6,7). The summed E-state index contributed by atoms with van der Waals surface area (Å²) in [7, 11) is 0. The zero-order valence-corrected chi connectivity index (χ0v) is 19.6. The van der Waals surface area contributed by atoms with Crippen molar-refractivity contribution in [3.63, 3.8) is 0 Å². The van der Waals surface area contributed by atoms with Crippen LogP contribution < -0.4 is 0 Å². The van der Waals surface area contributed by atoms with E-state index in [-0.39, 0.29) is 5.91 Å². The molecule has 1 saturated heterocycles. The Morgan fingerprint density at radius 1 is 1.23 bits per heavy atom. The van der Waals surface area contributed by atoms with Gasteiger partial charge in [-0.15, -0.1) is 5.10 Å². The van der Waals surface area contributed by atoms with E-state index in [4.69, 9.17) is 9.90 Å². The maximum Gasteiger partial charge on any atom is 0.490 e. The molecule has 0 spiro atoms. The first kappa shape index (κ1) is 26.1. The number of carboxylic acid groups (broad SMARTS) is 1. The Balaban J connectivity index is 0.000000429. The van der Waals surface area contributed by atoms with Gasteiger partial charge in [0, 0.05) is 43.0 Å². The molecule has 0 aliphatic carbocycles. The second-order valence-corrected chi connectivity index (χ2v) is 9.00. The molecular formula is C24H28F3N5O3. The number of benzene rings is 1. The van der Waals surface area contributed by atoms with Gasteiger partial charge in [0.2, 0.25) is 0 Å². The Bertz CT molecular complexity index is 1160. The Labute approximate surface area is 200 Å². The average Bonchev–Trinajstić information content (AvgIpc) is 3.24. The van der Waals surface area contributed by atoms with Crippen molar-refractivity contribution in [2.24, 2.45) is 11.8 Å². The van der Waals surface area contributed by atoms with E-state index in [0.717, 1.165) is 61.1 Å². The number of likely N-dealkylation sites (tertiary alicyclic amines) is 1. The normalized spacial score (nSPS) is 16.2. The number of hydrogen-bond donors (Lipinski definition) is 1. The predicted octanol–water partition coefficient (Wildman–Crippen LogP) is 4.21. The fourth-order valence-electron chi connectivity index (χ4n) is 3.99. The zero-order chi connectivity index (χ0) is 25.6. The van der Waals surface area contributed by atoms with E-state index >= 15 is 0 Å². The molecule has 1 unspecified atom stereocenters. The number of aliphatic carboxylic acids is 1. The summed E-state index contributed by atoms with van der Waals surface area (Å²) in [4.78, 5) is 28.2. The molecule has 1 aromatic carbocycles. The molecule has 3 heterocycles. The molecule has 2 aromatic heterocycles. The van der Waals surface area contributed by atoms with Crippen molar-refractivity contribution in [2.75, 3.05) is 13.1 Å². The number of halogens is 3. The number of rotatable bonds is 5. The summed E-state index contributed by atoms with van der Waals surface area (Å²) in [6, 6.07) is 9.66. The summed E-state index contributed by atoms with van der Waals surface area (Å²) in [5.74, 6) is -1.67. The molecule has 3 aromatic rings. The van der Waals surface area contributed by atoms with E-state index in [1.54, 1.807) is 6.20 Å². The summed E-state index contributed by atoms with van der Waals surface area (Å²) >= 11 is 0. The molecule has 0 radical (unpaired) electrons. The van der Waals surface area contributed by atoms with Gasteiger partial charge >= 0.3 is 12.1 Å². The number of alkyl halides is 3. The lowest BCUT2D eigenvalue weighted by molar-refractivity contribution is -0.192. The van der Waals surface area contributed by atoms with Gasteiger partial charge in [-0.3, -0.25) is 14.5 Å². The highest BCUT2D eigenvalue weighted by molar-refractivity contribution is 5.98. The Kier molecular flexibility index (Phi) is 8.42. The SMILES string of the molecule is CC(C)Cc1cn(CC2CCCN(C(=O)c3ccc4ncccc4c3)C2)nn1.O=C(O)C(F)(F)F. The van der Waals surface area contributed by atoms with Crippen molar-refractivity contribution < 1.29 is 27.9 Å². The summed E-state index contributed by atoms with van der Waals surface area (Å²) in [6.07, 6.45) is 1.84.